The number of ether oxygens (including phenoxy) is 1. The van der Waals surface area contributed by atoms with Gasteiger partial charge >= 0.3 is 0 Å². The van der Waals surface area contributed by atoms with Crippen molar-refractivity contribution < 1.29 is 15.1 Å². The first-order valence-electron chi connectivity index (χ1n) is 7.24. The summed E-state index contributed by atoms with van der Waals surface area (Å²) >= 11 is 0. The fraction of sp³-hybridized carbons (Fsp3) is 0.533. The van der Waals surface area contributed by atoms with Gasteiger partial charge in [0.2, 0.25) is 0 Å². The van der Waals surface area contributed by atoms with E-state index in [0.29, 0.717) is 11.3 Å². The predicted octanol–water partition coefficient (Wildman–Crippen LogP) is 1.53. The molecule has 1 atom stereocenters. The van der Waals surface area contributed by atoms with Gasteiger partial charge in [-0.05, 0) is 25.0 Å². The highest BCUT2D eigenvalue weighted by atomic mass is 16.5. The summed E-state index contributed by atoms with van der Waals surface area (Å²) in [6, 6.07) is 5.48. The van der Waals surface area contributed by atoms with Crippen LogP contribution in [-0.2, 0) is 0 Å². The number of hydrogen-bond acceptors (Lipinski definition) is 5. The normalized spacial score (nSPS) is 20.2. The summed E-state index contributed by atoms with van der Waals surface area (Å²) in [7, 11) is 1.61. The molecule has 1 heterocycles. The maximum Gasteiger partial charge on any atom is 0.172 e. The minimum absolute atomic E-state index is 0.0462. The van der Waals surface area contributed by atoms with Crippen LogP contribution in [0.5, 0.6) is 5.75 Å². The lowest BCUT2D eigenvalue weighted by molar-refractivity contribution is 0.255. The molecule has 1 aliphatic heterocycles. The van der Waals surface area contributed by atoms with E-state index >= 15 is 0 Å². The molecule has 1 unspecified atom stereocenters. The van der Waals surface area contributed by atoms with Crippen LogP contribution >= 0.6 is 0 Å². The molecule has 116 valence electrons. The van der Waals surface area contributed by atoms with E-state index in [-0.39, 0.29) is 18.5 Å². The summed E-state index contributed by atoms with van der Waals surface area (Å²) in [4.78, 5) is 2.14. The Morgan fingerprint density at radius 3 is 2.90 bits per heavy atom. The van der Waals surface area contributed by atoms with Crippen molar-refractivity contribution in [2.24, 2.45) is 10.9 Å². The van der Waals surface area contributed by atoms with E-state index in [4.69, 9.17) is 15.7 Å². The van der Waals surface area contributed by atoms with Gasteiger partial charge in [-0.2, -0.15) is 0 Å². The minimum Gasteiger partial charge on any atom is -0.497 e. The standard InChI is InChI=1S/C15H23N3O3/c1-21-12-6-7-13(15(16)17-20)14(9-12)18-8-4-2-3-5-11(18)10-19/h6-7,9,11,19-20H,2-5,8,10H2,1H3,(H2,16,17). The zero-order chi connectivity index (χ0) is 15.2. The zero-order valence-corrected chi connectivity index (χ0v) is 12.3. The lowest BCUT2D eigenvalue weighted by atomic mass is 10.1. The van der Waals surface area contributed by atoms with Crippen LogP contribution in [0.2, 0.25) is 0 Å². The lowest BCUT2D eigenvalue weighted by Crippen LogP contribution is -2.39. The molecular weight excluding hydrogens is 270 g/mol. The number of aliphatic hydroxyl groups is 1. The van der Waals surface area contributed by atoms with Crippen LogP contribution in [0, 0.1) is 0 Å². The van der Waals surface area contributed by atoms with Crippen molar-refractivity contribution >= 4 is 11.5 Å². The summed E-state index contributed by atoms with van der Waals surface area (Å²) in [5.41, 5.74) is 7.28. The van der Waals surface area contributed by atoms with Crippen LogP contribution in [0.4, 0.5) is 5.69 Å². The molecule has 1 aromatic carbocycles. The summed E-state index contributed by atoms with van der Waals surface area (Å²) in [5, 5.41) is 21.8. The van der Waals surface area contributed by atoms with Crippen molar-refractivity contribution in [3.8, 4) is 5.75 Å². The summed E-state index contributed by atoms with van der Waals surface area (Å²) in [6.07, 6.45) is 4.24. The van der Waals surface area contributed by atoms with Gasteiger partial charge in [0.15, 0.2) is 5.84 Å². The van der Waals surface area contributed by atoms with Crippen molar-refractivity contribution in [2.45, 2.75) is 31.7 Å². The Balaban J connectivity index is 2.47. The maximum absolute atomic E-state index is 9.68. The van der Waals surface area contributed by atoms with Crippen LogP contribution in [0.3, 0.4) is 0 Å². The molecule has 0 aliphatic carbocycles. The first-order valence-corrected chi connectivity index (χ1v) is 7.24. The number of nitrogens with zero attached hydrogens (tertiary/aromatic N) is 2. The molecule has 1 aromatic rings. The number of rotatable bonds is 4. The van der Waals surface area contributed by atoms with Gasteiger partial charge in [0.25, 0.3) is 0 Å². The molecule has 2 rings (SSSR count). The Hall–Kier alpha value is -1.95. The van der Waals surface area contributed by atoms with Crippen LogP contribution in [0.25, 0.3) is 0 Å². The Bertz CT molecular complexity index is 505. The van der Waals surface area contributed by atoms with Crippen LogP contribution in [-0.4, -0.2) is 42.5 Å². The van der Waals surface area contributed by atoms with Crippen LogP contribution in [0.15, 0.2) is 23.4 Å². The lowest BCUT2D eigenvalue weighted by Gasteiger charge is -2.32. The van der Waals surface area contributed by atoms with E-state index < -0.39 is 0 Å². The number of amidine groups is 1. The van der Waals surface area contributed by atoms with Gasteiger partial charge in [0, 0.05) is 18.2 Å². The average molecular weight is 293 g/mol. The molecule has 0 radical (unpaired) electrons. The van der Waals surface area contributed by atoms with Gasteiger partial charge in [0.05, 0.1) is 25.4 Å². The Morgan fingerprint density at radius 1 is 1.43 bits per heavy atom. The maximum atomic E-state index is 9.68. The van der Waals surface area contributed by atoms with Crippen LogP contribution < -0.4 is 15.4 Å². The number of anilines is 1. The van der Waals surface area contributed by atoms with E-state index in [0.717, 1.165) is 37.9 Å². The third-order valence-corrected chi connectivity index (χ3v) is 3.99. The first-order chi connectivity index (χ1) is 10.2. The van der Waals surface area contributed by atoms with Crippen molar-refractivity contribution in [1.82, 2.24) is 0 Å². The topological polar surface area (TPSA) is 91.3 Å². The van der Waals surface area contributed by atoms with E-state index in [2.05, 4.69) is 10.1 Å². The summed E-state index contributed by atoms with van der Waals surface area (Å²) in [5.74, 6) is 0.772. The molecule has 0 bridgehead atoms. The van der Waals surface area contributed by atoms with Gasteiger partial charge in [-0.25, -0.2) is 0 Å². The largest absolute Gasteiger partial charge is 0.497 e. The quantitative estimate of drug-likeness (QED) is 0.339. The number of hydrogen-bond donors (Lipinski definition) is 3. The third-order valence-electron chi connectivity index (χ3n) is 3.99. The molecule has 21 heavy (non-hydrogen) atoms. The molecule has 0 aromatic heterocycles. The van der Waals surface area contributed by atoms with Gasteiger partial charge < -0.3 is 25.7 Å². The van der Waals surface area contributed by atoms with Gasteiger partial charge in [0.1, 0.15) is 5.75 Å². The smallest absolute Gasteiger partial charge is 0.172 e. The average Bonchev–Trinajstić information content (AvgIpc) is 2.78. The minimum atomic E-state index is 0.0462. The highest BCUT2D eigenvalue weighted by molar-refractivity contribution is 6.02. The Labute approximate surface area is 124 Å². The highest BCUT2D eigenvalue weighted by Crippen LogP contribution is 2.30. The van der Waals surface area contributed by atoms with Gasteiger partial charge in [-0.15, -0.1) is 0 Å². The molecule has 1 saturated heterocycles. The first kappa shape index (κ1) is 15.4. The fourth-order valence-electron chi connectivity index (χ4n) is 2.83. The second kappa shape index (κ2) is 7.17. The predicted molar refractivity (Wildman–Crippen MR) is 82.2 cm³/mol. The van der Waals surface area contributed by atoms with Crippen molar-refractivity contribution in [2.75, 3.05) is 25.2 Å². The van der Waals surface area contributed by atoms with E-state index in [1.807, 2.05) is 6.07 Å². The second-order valence-electron chi connectivity index (χ2n) is 5.25. The number of benzene rings is 1. The number of nitrogens with two attached hydrogens (primary N) is 1. The molecule has 1 fully saturated rings. The van der Waals surface area contributed by atoms with Gasteiger partial charge in [-0.1, -0.05) is 18.0 Å². The van der Waals surface area contributed by atoms with Crippen LogP contribution in [0.1, 0.15) is 31.2 Å². The molecule has 0 saturated carbocycles. The fourth-order valence-corrected chi connectivity index (χ4v) is 2.83. The molecule has 4 N–H and O–H groups in total. The van der Waals surface area contributed by atoms with Crippen molar-refractivity contribution in [3.63, 3.8) is 0 Å². The van der Waals surface area contributed by atoms with Crippen molar-refractivity contribution in [3.05, 3.63) is 23.8 Å². The van der Waals surface area contributed by atoms with Crippen molar-refractivity contribution in [1.29, 1.82) is 0 Å². The van der Waals surface area contributed by atoms with E-state index in [1.54, 1.807) is 19.2 Å². The number of methoxy groups -OCH3 is 1. The molecule has 6 nitrogen and oxygen atoms in total. The molecule has 6 heteroatoms. The van der Waals surface area contributed by atoms with E-state index in [9.17, 15) is 5.11 Å². The number of aliphatic hydroxyl groups excluding tert-OH is 1. The Kier molecular flexibility index (Phi) is 5.27. The zero-order valence-electron chi connectivity index (χ0n) is 12.3. The molecule has 1 aliphatic rings. The molecular formula is C15H23N3O3. The number of oxime groups is 1. The third kappa shape index (κ3) is 3.39. The highest BCUT2D eigenvalue weighted by Gasteiger charge is 2.24. The second-order valence-corrected chi connectivity index (χ2v) is 5.25. The molecule has 0 spiro atoms. The molecule has 0 amide bonds. The SMILES string of the molecule is COc1ccc(/C(N)=N/O)c(N2CCCCCC2CO)c1. The summed E-state index contributed by atoms with van der Waals surface area (Å²) < 4.78 is 5.28. The Morgan fingerprint density at radius 2 is 2.24 bits per heavy atom. The summed E-state index contributed by atoms with van der Waals surface area (Å²) in [6.45, 7) is 0.928. The monoisotopic (exact) mass is 293 g/mol. The van der Waals surface area contributed by atoms with E-state index in [1.165, 1.54) is 0 Å². The van der Waals surface area contributed by atoms with Gasteiger partial charge in [-0.3, -0.25) is 0 Å².